The number of anilines is 1. The molecule has 1 N–H and O–H groups in total. The van der Waals surface area contributed by atoms with Crippen LogP contribution < -0.4 is 10.2 Å². The maximum absolute atomic E-state index is 13.2. The topological polar surface area (TPSA) is 71.4 Å². The van der Waals surface area contributed by atoms with Gasteiger partial charge in [0.15, 0.2) is 0 Å². The lowest BCUT2D eigenvalue weighted by molar-refractivity contribution is -0.122. The number of amides is 4. The fraction of sp³-hybridized carbons (Fsp3) is 0.136. The van der Waals surface area contributed by atoms with Gasteiger partial charge in [-0.3, -0.25) is 14.9 Å². The SMILES string of the molecule is CCn1cc(/C=C2\C(=O)NC(=O)N(c3cccc(Cl)c3C)C2=O)c2ccccc21. The van der Waals surface area contributed by atoms with Crippen LogP contribution in [0.5, 0.6) is 0 Å². The number of benzene rings is 2. The quantitative estimate of drug-likeness (QED) is 0.520. The zero-order valence-electron chi connectivity index (χ0n) is 15.9. The van der Waals surface area contributed by atoms with Crippen LogP contribution in [0.2, 0.25) is 5.02 Å². The average Bonchev–Trinajstić information content (AvgIpc) is 3.06. The van der Waals surface area contributed by atoms with E-state index in [1.54, 1.807) is 25.1 Å². The van der Waals surface area contributed by atoms with E-state index in [9.17, 15) is 14.4 Å². The van der Waals surface area contributed by atoms with Crippen LogP contribution in [0.1, 0.15) is 18.1 Å². The smallest absolute Gasteiger partial charge is 0.335 e. The maximum atomic E-state index is 13.2. The van der Waals surface area contributed by atoms with Crippen molar-refractivity contribution < 1.29 is 14.4 Å². The molecule has 1 saturated heterocycles. The average molecular weight is 408 g/mol. The van der Waals surface area contributed by atoms with Gasteiger partial charge >= 0.3 is 6.03 Å². The predicted molar refractivity (Wildman–Crippen MR) is 113 cm³/mol. The number of hydrogen-bond acceptors (Lipinski definition) is 3. The third kappa shape index (κ3) is 3.11. The highest BCUT2D eigenvalue weighted by Gasteiger charge is 2.37. The lowest BCUT2D eigenvalue weighted by Crippen LogP contribution is -2.54. The van der Waals surface area contributed by atoms with E-state index >= 15 is 0 Å². The second kappa shape index (κ2) is 7.22. The van der Waals surface area contributed by atoms with Crippen molar-refractivity contribution in [3.63, 3.8) is 0 Å². The zero-order valence-corrected chi connectivity index (χ0v) is 16.7. The van der Waals surface area contributed by atoms with Gasteiger partial charge in [0, 0.05) is 34.2 Å². The van der Waals surface area contributed by atoms with Crippen molar-refractivity contribution in [2.45, 2.75) is 20.4 Å². The maximum Gasteiger partial charge on any atom is 0.335 e. The van der Waals surface area contributed by atoms with E-state index in [0.29, 0.717) is 16.3 Å². The summed E-state index contributed by atoms with van der Waals surface area (Å²) in [4.78, 5) is 39.0. The van der Waals surface area contributed by atoms with Crippen molar-refractivity contribution in [3.8, 4) is 0 Å². The molecule has 7 heteroatoms. The second-order valence-corrected chi connectivity index (χ2v) is 7.14. The van der Waals surface area contributed by atoms with Gasteiger partial charge in [0.1, 0.15) is 5.57 Å². The number of nitrogens with one attached hydrogen (secondary N) is 1. The number of carbonyl (C=O) groups is 3. The Morgan fingerprint density at radius 3 is 2.59 bits per heavy atom. The number of hydrogen-bond donors (Lipinski definition) is 1. The standard InChI is InChI=1S/C22H18ClN3O3/c1-3-25-12-14(15-7-4-5-9-19(15)25)11-16-20(27)24-22(29)26(21(16)28)18-10-6-8-17(23)13(18)2/h4-12H,3H2,1-2H3,(H,24,27,29)/b16-11+. The van der Waals surface area contributed by atoms with E-state index < -0.39 is 17.8 Å². The molecule has 3 aromatic rings. The number of fused-ring (bicyclic) bond motifs is 1. The Morgan fingerprint density at radius 2 is 1.83 bits per heavy atom. The summed E-state index contributed by atoms with van der Waals surface area (Å²) >= 11 is 6.15. The Labute approximate surface area is 172 Å². The Balaban J connectivity index is 1.84. The molecule has 0 unspecified atom stereocenters. The van der Waals surface area contributed by atoms with Crippen LogP contribution in [-0.2, 0) is 16.1 Å². The number of halogens is 1. The molecule has 29 heavy (non-hydrogen) atoms. The Morgan fingerprint density at radius 1 is 1.07 bits per heavy atom. The molecule has 0 saturated carbocycles. The third-order valence-corrected chi connectivity index (χ3v) is 5.45. The number of para-hydroxylation sites is 1. The van der Waals surface area contributed by atoms with Crippen molar-refractivity contribution in [1.29, 1.82) is 0 Å². The molecular weight excluding hydrogens is 390 g/mol. The minimum absolute atomic E-state index is 0.108. The fourth-order valence-corrected chi connectivity index (χ4v) is 3.69. The van der Waals surface area contributed by atoms with Crippen molar-refractivity contribution in [1.82, 2.24) is 9.88 Å². The molecule has 0 bridgehead atoms. The summed E-state index contributed by atoms with van der Waals surface area (Å²) < 4.78 is 2.04. The molecule has 4 rings (SSSR count). The van der Waals surface area contributed by atoms with Crippen LogP contribution in [0, 0.1) is 6.92 Å². The van der Waals surface area contributed by atoms with Crippen LogP contribution in [0.25, 0.3) is 17.0 Å². The van der Waals surface area contributed by atoms with Crippen LogP contribution in [0.3, 0.4) is 0 Å². The molecule has 2 heterocycles. The summed E-state index contributed by atoms with van der Waals surface area (Å²) in [5.74, 6) is -1.40. The molecule has 1 aliphatic rings. The number of nitrogens with zero attached hydrogens (tertiary/aromatic N) is 2. The van der Waals surface area contributed by atoms with Gasteiger partial charge in [-0.05, 0) is 43.7 Å². The fourth-order valence-electron chi connectivity index (χ4n) is 3.52. The first kappa shape index (κ1) is 19.0. The van der Waals surface area contributed by atoms with Crippen molar-refractivity contribution in [3.05, 3.63) is 70.4 Å². The minimum Gasteiger partial charge on any atom is -0.347 e. The Hall–Kier alpha value is -3.38. The number of rotatable bonds is 3. The van der Waals surface area contributed by atoms with E-state index in [-0.39, 0.29) is 5.57 Å². The predicted octanol–water partition coefficient (Wildman–Crippen LogP) is 4.29. The highest BCUT2D eigenvalue weighted by Crippen LogP contribution is 2.30. The number of urea groups is 1. The van der Waals surface area contributed by atoms with E-state index in [4.69, 9.17) is 11.6 Å². The molecule has 1 aliphatic heterocycles. The molecule has 0 radical (unpaired) electrons. The molecule has 0 spiro atoms. The summed E-state index contributed by atoms with van der Waals surface area (Å²) in [5, 5.41) is 3.60. The minimum atomic E-state index is -0.793. The Kier molecular flexibility index (Phi) is 4.72. The summed E-state index contributed by atoms with van der Waals surface area (Å²) in [6, 6.07) is 11.9. The van der Waals surface area contributed by atoms with Crippen LogP contribution in [0.4, 0.5) is 10.5 Å². The normalized spacial score (nSPS) is 16.0. The molecule has 2 aromatic carbocycles. The van der Waals surface area contributed by atoms with E-state index in [1.807, 2.05) is 42.0 Å². The van der Waals surface area contributed by atoms with Gasteiger partial charge in [0.05, 0.1) is 5.69 Å². The van der Waals surface area contributed by atoms with Gasteiger partial charge in [0.25, 0.3) is 11.8 Å². The third-order valence-electron chi connectivity index (χ3n) is 5.04. The van der Waals surface area contributed by atoms with Crippen LogP contribution in [0.15, 0.2) is 54.2 Å². The van der Waals surface area contributed by atoms with Crippen molar-refractivity contribution in [2.24, 2.45) is 0 Å². The number of aromatic nitrogens is 1. The van der Waals surface area contributed by atoms with E-state index in [1.165, 1.54) is 6.08 Å². The first-order valence-electron chi connectivity index (χ1n) is 9.16. The van der Waals surface area contributed by atoms with Gasteiger partial charge in [-0.1, -0.05) is 35.9 Å². The first-order chi connectivity index (χ1) is 13.9. The molecule has 1 fully saturated rings. The van der Waals surface area contributed by atoms with Crippen molar-refractivity contribution >= 4 is 52.1 Å². The van der Waals surface area contributed by atoms with Crippen molar-refractivity contribution in [2.75, 3.05) is 4.90 Å². The molecular formula is C22H18ClN3O3. The van der Waals surface area contributed by atoms with Gasteiger partial charge < -0.3 is 4.57 Å². The van der Waals surface area contributed by atoms with Gasteiger partial charge in [-0.15, -0.1) is 0 Å². The lowest BCUT2D eigenvalue weighted by atomic mass is 10.1. The van der Waals surface area contributed by atoms with Gasteiger partial charge in [0.2, 0.25) is 0 Å². The lowest BCUT2D eigenvalue weighted by Gasteiger charge is -2.27. The van der Waals surface area contributed by atoms with Crippen LogP contribution >= 0.6 is 11.6 Å². The highest BCUT2D eigenvalue weighted by molar-refractivity contribution is 6.40. The Bertz CT molecular complexity index is 1210. The molecule has 4 amide bonds. The largest absolute Gasteiger partial charge is 0.347 e. The summed E-state index contributed by atoms with van der Waals surface area (Å²) in [5.41, 5.74) is 2.55. The summed E-state index contributed by atoms with van der Waals surface area (Å²) in [7, 11) is 0. The molecule has 6 nitrogen and oxygen atoms in total. The molecule has 146 valence electrons. The highest BCUT2D eigenvalue weighted by atomic mass is 35.5. The van der Waals surface area contributed by atoms with Gasteiger partial charge in [-0.25, -0.2) is 9.69 Å². The number of carbonyl (C=O) groups excluding carboxylic acids is 3. The molecule has 0 aliphatic carbocycles. The first-order valence-corrected chi connectivity index (χ1v) is 9.54. The molecule has 1 aromatic heterocycles. The van der Waals surface area contributed by atoms with E-state index in [2.05, 4.69) is 5.32 Å². The summed E-state index contributed by atoms with van der Waals surface area (Å²) in [6.45, 7) is 4.48. The number of imide groups is 2. The van der Waals surface area contributed by atoms with E-state index in [0.717, 1.165) is 27.9 Å². The number of aryl methyl sites for hydroxylation is 1. The number of barbiturate groups is 1. The van der Waals surface area contributed by atoms with Crippen LogP contribution in [-0.4, -0.2) is 22.4 Å². The monoisotopic (exact) mass is 407 g/mol. The van der Waals surface area contributed by atoms with Gasteiger partial charge in [-0.2, -0.15) is 0 Å². The second-order valence-electron chi connectivity index (χ2n) is 6.73. The molecule has 0 atom stereocenters. The zero-order chi connectivity index (χ0) is 20.7. The summed E-state index contributed by atoms with van der Waals surface area (Å²) in [6.07, 6.45) is 3.43.